The molecule has 3 nitrogen and oxygen atoms in total. The maximum atomic E-state index is 13.0. The van der Waals surface area contributed by atoms with Gasteiger partial charge in [0.25, 0.3) is 0 Å². The maximum Gasteiger partial charge on any atom is 0.343 e. The van der Waals surface area contributed by atoms with Gasteiger partial charge in [-0.3, -0.25) is 0 Å². The first-order valence-corrected chi connectivity index (χ1v) is 3.76. The lowest BCUT2D eigenvalue weighted by molar-refractivity contribution is -0.143. The molecular formula is C9H8F2O3. The summed E-state index contributed by atoms with van der Waals surface area (Å²) in [4.78, 5) is 10.3. The lowest BCUT2D eigenvalue weighted by atomic mass is 10.1. The van der Waals surface area contributed by atoms with Crippen molar-refractivity contribution < 1.29 is 23.4 Å². The molecule has 5 heteroatoms. The van der Waals surface area contributed by atoms with Gasteiger partial charge in [0.05, 0.1) is 7.11 Å². The number of carbonyl (C=O) groups is 1. The second-order valence-electron chi connectivity index (χ2n) is 2.59. The van der Waals surface area contributed by atoms with Crippen LogP contribution in [0.4, 0.5) is 8.78 Å². The minimum absolute atomic E-state index is 0.0151. The molecule has 0 bridgehead atoms. The molecule has 0 saturated heterocycles. The summed E-state index contributed by atoms with van der Waals surface area (Å²) in [6, 6.07) is 3.05. The summed E-state index contributed by atoms with van der Waals surface area (Å²) < 4.78 is 30.4. The van der Waals surface area contributed by atoms with Crippen LogP contribution in [-0.4, -0.2) is 18.2 Å². The van der Waals surface area contributed by atoms with Crippen LogP contribution in [0.2, 0.25) is 0 Å². The molecule has 0 fully saturated rings. The number of ether oxygens (including phenoxy) is 1. The van der Waals surface area contributed by atoms with Gasteiger partial charge in [0.15, 0.2) is 0 Å². The number of aliphatic carboxylic acids is 1. The highest BCUT2D eigenvalue weighted by atomic mass is 19.1. The fourth-order valence-corrected chi connectivity index (χ4v) is 1.04. The van der Waals surface area contributed by atoms with Gasteiger partial charge in [0.1, 0.15) is 11.6 Å². The summed E-state index contributed by atoms with van der Waals surface area (Å²) in [5, 5.41) is 8.39. The van der Waals surface area contributed by atoms with Gasteiger partial charge in [-0.2, -0.15) is 0 Å². The van der Waals surface area contributed by atoms with E-state index in [-0.39, 0.29) is 11.3 Å². The average Bonchev–Trinajstić information content (AvgIpc) is 2.16. The SMILES string of the molecule is COc1ccc(F)cc1C(F)C(=O)O. The molecule has 14 heavy (non-hydrogen) atoms. The predicted octanol–water partition coefficient (Wildman–Crippen LogP) is 1.93. The van der Waals surface area contributed by atoms with Gasteiger partial charge >= 0.3 is 5.97 Å². The van der Waals surface area contributed by atoms with Crippen molar-refractivity contribution in [3.05, 3.63) is 29.6 Å². The first kappa shape index (κ1) is 10.4. The molecule has 1 unspecified atom stereocenters. The fraction of sp³-hybridized carbons (Fsp3) is 0.222. The van der Waals surface area contributed by atoms with Crippen LogP contribution in [0, 0.1) is 5.82 Å². The summed E-state index contributed by atoms with van der Waals surface area (Å²) in [5.74, 6) is -2.36. The van der Waals surface area contributed by atoms with E-state index in [9.17, 15) is 13.6 Å². The van der Waals surface area contributed by atoms with Gasteiger partial charge in [-0.15, -0.1) is 0 Å². The summed E-state index contributed by atoms with van der Waals surface area (Å²) in [6.07, 6.45) is -2.28. The highest BCUT2D eigenvalue weighted by Gasteiger charge is 2.22. The number of hydrogen-bond donors (Lipinski definition) is 1. The number of rotatable bonds is 3. The Morgan fingerprint density at radius 2 is 2.21 bits per heavy atom. The number of hydrogen-bond acceptors (Lipinski definition) is 2. The van der Waals surface area contributed by atoms with E-state index in [0.717, 1.165) is 12.1 Å². The van der Waals surface area contributed by atoms with Gasteiger partial charge in [0, 0.05) is 5.56 Å². The van der Waals surface area contributed by atoms with E-state index < -0.39 is 18.0 Å². The molecule has 0 aromatic heterocycles. The molecule has 0 aliphatic carbocycles. The van der Waals surface area contributed by atoms with E-state index in [1.807, 2.05) is 0 Å². The molecule has 1 aromatic rings. The van der Waals surface area contributed by atoms with Crippen LogP contribution < -0.4 is 4.74 Å². The maximum absolute atomic E-state index is 13.0. The molecule has 1 aromatic carbocycles. The third-order valence-corrected chi connectivity index (χ3v) is 1.68. The first-order chi connectivity index (χ1) is 6.56. The topological polar surface area (TPSA) is 46.5 Å². The number of halogens is 2. The van der Waals surface area contributed by atoms with Crippen LogP contribution in [0.1, 0.15) is 11.7 Å². The Morgan fingerprint density at radius 1 is 1.57 bits per heavy atom. The van der Waals surface area contributed by atoms with E-state index in [4.69, 9.17) is 9.84 Å². The Balaban J connectivity index is 3.16. The zero-order valence-corrected chi connectivity index (χ0v) is 7.33. The Labute approximate surface area is 78.9 Å². The molecule has 0 saturated carbocycles. The third kappa shape index (κ3) is 1.99. The molecule has 0 heterocycles. The van der Waals surface area contributed by atoms with E-state index >= 15 is 0 Å². The van der Waals surface area contributed by atoms with E-state index in [0.29, 0.717) is 0 Å². The average molecular weight is 202 g/mol. The summed E-state index contributed by atoms with van der Waals surface area (Å²) in [7, 11) is 1.26. The van der Waals surface area contributed by atoms with Gasteiger partial charge in [-0.25, -0.2) is 13.6 Å². The monoisotopic (exact) mass is 202 g/mol. The Hall–Kier alpha value is -1.65. The highest BCUT2D eigenvalue weighted by Crippen LogP contribution is 2.28. The third-order valence-electron chi connectivity index (χ3n) is 1.68. The van der Waals surface area contributed by atoms with E-state index in [1.54, 1.807) is 0 Å². The predicted molar refractivity (Wildman–Crippen MR) is 44.4 cm³/mol. The van der Waals surface area contributed by atoms with Gasteiger partial charge < -0.3 is 9.84 Å². The van der Waals surface area contributed by atoms with Crippen molar-refractivity contribution in [1.29, 1.82) is 0 Å². The fourth-order valence-electron chi connectivity index (χ4n) is 1.04. The number of carboxylic acids is 1. The van der Waals surface area contributed by atoms with Gasteiger partial charge in [-0.05, 0) is 18.2 Å². The standard InChI is InChI=1S/C9H8F2O3/c1-14-7-3-2-5(10)4-6(7)8(11)9(12)13/h2-4,8H,1H3,(H,12,13). The van der Waals surface area contributed by atoms with Crippen molar-refractivity contribution in [2.75, 3.05) is 7.11 Å². The molecule has 0 aliphatic heterocycles. The van der Waals surface area contributed by atoms with Crippen molar-refractivity contribution >= 4 is 5.97 Å². The minimum atomic E-state index is -2.28. The lowest BCUT2D eigenvalue weighted by Gasteiger charge is -2.09. The van der Waals surface area contributed by atoms with Crippen LogP contribution >= 0.6 is 0 Å². The zero-order valence-electron chi connectivity index (χ0n) is 7.33. The number of benzene rings is 1. The minimum Gasteiger partial charge on any atom is -0.496 e. The number of alkyl halides is 1. The van der Waals surface area contributed by atoms with E-state index in [2.05, 4.69) is 0 Å². The smallest absolute Gasteiger partial charge is 0.343 e. The Bertz CT molecular complexity index is 352. The highest BCUT2D eigenvalue weighted by molar-refractivity contribution is 5.75. The molecule has 0 aliphatic rings. The van der Waals surface area contributed by atoms with Crippen molar-refractivity contribution in [2.45, 2.75) is 6.17 Å². The second kappa shape index (κ2) is 4.04. The molecule has 76 valence electrons. The molecule has 0 radical (unpaired) electrons. The van der Waals surface area contributed by atoms with Crippen LogP contribution in [0.3, 0.4) is 0 Å². The zero-order chi connectivity index (χ0) is 10.7. The van der Waals surface area contributed by atoms with Crippen LogP contribution in [0.5, 0.6) is 5.75 Å². The van der Waals surface area contributed by atoms with Crippen molar-refractivity contribution in [3.8, 4) is 5.75 Å². The van der Waals surface area contributed by atoms with Crippen LogP contribution in [0.25, 0.3) is 0 Å². The largest absolute Gasteiger partial charge is 0.496 e. The first-order valence-electron chi connectivity index (χ1n) is 3.76. The quantitative estimate of drug-likeness (QED) is 0.814. The molecule has 1 atom stereocenters. The molecular weight excluding hydrogens is 194 g/mol. The molecule has 1 rings (SSSR count). The normalized spacial score (nSPS) is 12.2. The molecule has 0 spiro atoms. The Kier molecular flexibility index (Phi) is 3.01. The number of methoxy groups -OCH3 is 1. The summed E-state index contributed by atoms with van der Waals surface area (Å²) in [5.41, 5.74) is -0.319. The molecule has 0 amide bonds. The summed E-state index contributed by atoms with van der Waals surface area (Å²) >= 11 is 0. The van der Waals surface area contributed by atoms with Crippen LogP contribution in [0.15, 0.2) is 18.2 Å². The Morgan fingerprint density at radius 3 is 2.71 bits per heavy atom. The molecule has 1 N–H and O–H groups in total. The van der Waals surface area contributed by atoms with E-state index in [1.165, 1.54) is 13.2 Å². The van der Waals surface area contributed by atoms with Gasteiger partial charge in [0.2, 0.25) is 6.17 Å². The van der Waals surface area contributed by atoms with Gasteiger partial charge in [-0.1, -0.05) is 0 Å². The second-order valence-corrected chi connectivity index (χ2v) is 2.59. The number of carboxylic acid groups (broad SMARTS) is 1. The van der Waals surface area contributed by atoms with Crippen molar-refractivity contribution in [2.24, 2.45) is 0 Å². The van der Waals surface area contributed by atoms with Crippen molar-refractivity contribution in [3.63, 3.8) is 0 Å². The van der Waals surface area contributed by atoms with Crippen LogP contribution in [-0.2, 0) is 4.79 Å². The van der Waals surface area contributed by atoms with Crippen molar-refractivity contribution in [1.82, 2.24) is 0 Å². The summed E-state index contributed by atoms with van der Waals surface area (Å²) in [6.45, 7) is 0. The lowest BCUT2D eigenvalue weighted by Crippen LogP contribution is -2.07.